The van der Waals surface area contributed by atoms with Gasteiger partial charge in [-0.2, -0.15) is 0 Å². The Kier molecular flexibility index (Phi) is 4.77. The van der Waals surface area contributed by atoms with Crippen LogP contribution in [0.25, 0.3) is 0 Å². The summed E-state index contributed by atoms with van der Waals surface area (Å²) in [5.41, 5.74) is 0.864. The Hall–Kier alpha value is -1.58. The molecular formula is C15H23N3O. The van der Waals surface area contributed by atoms with E-state index < -0.39 is 0 Å². The molecule has 0 atom stereocenters. The van der Waals surface area contributed by atoms with E-state index in [9.17, 15) is 4.79 Å². The monoisotopic (exact) mass is 261 g/mol. The van der Waals surface area contributed by atoms with Crippen LogP contribution in [0.3, 0.4) is 0 Å². The number of rotatable bonds is 7. The van der Waals surface area contributed by atoms with Crippen molar-refractivity contribution in [3.05, 3.63) is 18.3 Å². The topological polar surface area (TPSA) is 45.2 Å². The maximum atomic E-state index is 12.0. The first-order valence-electron chi connectivity index (χ1n) is 7.20. The standard InChI is InChI=1S/C15H23N3O/c1-3-4-5-6-15(19)18(2)13-9-10-14(16-11-13)17-12-7-8-12/h9-12H,3-8H2,1-2H3,(H,16,17). The first kappa shape index (κ1) is 13.8. The van der Waals surface area contributed by atoms with Gasteiger partial charge in [0.05, 0.1) is 11.9 Å². The van der Waals surface area contributed by atoms with Crippen molar-refractivity contribution < 1.29 is 4.79 Å². The van der Waals surface area contributed by atoms with Gasteiger partial charge in [-0.05, 0) is 31.4 Å². The fourth-order valence-corrected chi connectivity index (χ4v) is 1.94. The number of anilines is 2. The third kappa shape index (κ3) is 4.23. The van der Waals surface area contributed by atoms with Crippen LogP contribution >= 0.6 is 0 Å². The quantitative estimate of drug-likeness (QED) is 0.767. The highest BCUT2D eigenvalue weighted by Crippen LogP contribution is 2.24. The molecule has 1 N–H and O–H groups in total. The molecule has 104 valence electrons. The molecule has 0 spiro atoms. The third-order valence-electron chi connectivity index (χ3n) is 3.43. The van der Waals surface area contributed by atoms with Crippen LogP contribution < -0.4 is 10.2 Å². The maximum absolute atomic E-state index is 12.0. The summed E-state index contributed by atoms with van der Waals surface area (Å²) in [4.78, 5) is 18.0. The zero-order chi connectivity index (χ0) is 13.7. The van der Waals surface area contributed by atoms with Gasteiger partial charge in [0.1, 0.15) is 5.82 Å². The summed E-state index contributed by atoms with van der Waals surface area (Å²) < 4.78 is 0. The summed E-state index contributed by atoms with van der Waals surface area (Å²) in [5.74, 6) is 1.07. The molecule has 0 bridgehead atoms. The lowest BCUT2D eigenvalue weighted by molar-refractivity contribution is -0.118. The fraction of sp³-hybridized carbons (Fsp3) is 0.600. The van der Waals surface area contributed by atoms with Crippen molar-refractivity contribution in [2.24, 2.45) is 0 Å². The number of unbranched alkanes of at least 4 members (excludes halogenated alkanes) is 2. The van der Waals surface area contributed by atoms with Gasteiger partial charge in [0.15, 0.2) is 0 Å². The average molecular weight is 261 g/mol. The molecule has 0 aliphatic heterocycles. The van der Waals surface area contributed by atoms with Crippen LogP contribution in [-0.4, -0.2) is 24.0 Å². The minimum atomic E-state index is 0.165. The van der Waals surface area contributed by atoms with Crippen LogP contribution in [-0.2, 0) is 4.79 Å². The summed E-state index contributed by atoms with van der Waals surface area (Å²) in [5, 5.41) is 3.34. The van der Waals surface area contributed by atoms with Crippen LogP contribution in [0.1, 0.15) is 45.4 Å². The number of aromatic nitrogens is 1. The Morgan fingerprint density at radius 1 is 1.42 bits per heavy atom. The molecule has 1 saturated carbocycles. The summed E-state index contributed by atoms with van der Waals surface area (Å²) in [6.07, 6.45) is 8.07. The van der Waals surface area contributed by atoms with Crippen LogP contribution in [0.5, 0.6) is 0 Å². The second kappa shape index (κ2) is 6.55. The van der Waals surface area contributed by atoms with Gasteiger partial charge in [-0.15, -0.1) is 0 Å². The molecule has 1 fully saturated rings. The van der Waals surface area contributed by atoms with E-state index in [1.165, 1.54) is 12.8 Å². The Bertz CT molecular complexity index is 412. The second-order valence-electron chi connectivity index (χ2n) is 5.23. The van der Waals surface area contributed by atoms with Crippen molar-refractivity contribution in [2.75, 3.05) is 17.3 Å². The summed E-state index contributed by atoms with van der Waals surface area (Å²) in [6, 6.07) is 4.51. The van der Waals surface area contributed by atoms with Crippen molar-refractivity contribution in [1.82, 2.24) is 4.98 Å². The van der Waals surface area contributed by atoms with Gasteiger partial charge in [0.2, 0.25) is 5.91 Å². The molecule has 0 unspecified atom stereocenters. The lowest BCUT2D eigenvalue weighted by Crippen LogP contribution is -2.26. The predicted octanol–water partition coefficient (Wildman–Crippen LogP) is 3.20. The van der Waals surface area contributed by atoms with Crippen molar-refractivity contribution >= 4 is 17.4 Å². The van der Waals surface area contributed by atoms with E-state index in [0.29, 0.717) is 12.5 Å². The number of pyridine rings is 1. The first-order valence-corrected chi connectivity index (χ1v) is 7.20. The van der Waals surface area contributed by atoms with Gasteiger partial charge in [0.25, 0.3) is 0 Å². The molecule has 1 heterocycles. The van der Waals surface area contributed by atoms with E-state index in [1.54, 1.807) is 11.1 Å². The van der Waals surface area contributed by atoms with Crippen LogP contribution in [0, 0.1) is 0 Å². The molecule has 4 nitrogen and oxygen atoms in total. The maximum Gasteiger partial charge on any atom is 0.226 e. The van der Waals surface area contributed by atoms with E-state index in [2.05, 4.69) is 17.2 Å². The van der Waals surface area contributed by atoms with Gasteiger partial charge in [-0.1, -0.05) is 19.8 Å². The molecule has 1 aromatic rings. The van der Waals surface area contributed by atoms with Crippen molar-refractivity contribution in [3.63, 3.8) is 0 Å². The molecule has 0 aromatic carbocycles. The zero-order valence-electron chi connectivity index (χ0n) is 11.9. The highest BCUT2D eigenvalue weighted by molar-refractivity contribution is 5.92. The normalized spacial score (nSPS) is 14.2. The van der Waals surface area contributed by atoms with E-state index in [0.717, 1.165) is 30.8 Å². The molecule has 19 heavy (non-hydrogen) atoms. The Morgan fingerprint density at radius 3 is 2.79 bits per heavy atom. The first-order chi connectivity index (χ1) is 9.20. The number of hydrogen-bond acceptors (Lipinski definition) is 3. The highest BCUT2D eigenvalue weighted by Gasteiger charge is 2.21. The Labute approximate surface area is 115 Å². The van der Waals surface area contributed by atoms with Crippen LogP contribution in [0.15, 0.2) is 18.3 Å². The molecule has 0 radical (unpaired) electrons. The average Bonchev–Trinajstić information content (AvgIpc) is 3.23. The van der Waals surface area contributed by atoms with Gasteiger partial charge in [-0.25, -0.2) is 4.98 Å². The number of amides is 1. The molecule has 4 heteroatoms. The van der Waals surface area contributed by atoms with E-state index >= 15 is 0 Å². The van der Waals surface area contributed by atoms with Gasteiger partial charge >= 0.3 is 0 Å². The number of nitrogens with one attached hydrogen (secondary N) is 1. The van der Waals surface area contributed by atoms with E-state index in [-0.39, 0.29) is 5.91 Å². The third-order valence-corrected chi connectivity index (χ3v) is 3.43. The Morgan fingerprint density at radius 2 is 2.21 bits per heavy atom. The van der Waals surface area contributed by atoms with E-state index in [1.807, 2.05) is 19.2 Å². The zero-order valence-corrected chi connectivity index (χ0v) is 11.9. The second-order valence-corrected chi connectivity index (χ2v) is 5.23. The molecule has 1 aliphatic rings. The SMILES string of the molecule is CCCCCC(=O)N(C)c1ccc(NC2CC2)nc1. The van der Waals surface area contributed by atoms with Crippen LogP contribution in [0.2, 0.25) is 0 Å². The van der Waals surface area contributed by atoms with E-state index in [4.69, 9.17) is 0 Å². The van der Waals surface area contributed by atoms with Crippen molar-refractivity contribution in [3.8, 4) is 0 Å². The van der Waals surface area contributed by atoms with Crippen molar-refractivity contribution in [2.45, 2.75) is 51.5 Å². The molecule has 1 aliphatic carbocycles. The minimum absolute atomic E-state index is 0.165. The van der Waals surface area contributed by atoms with Crippen LogP contribution in [0.4, 0.5) is 11.5 Å². The number of carbonyl (C=O) groups is 1. The van der Waals surface area contributed by atoms with Gasteiger partial charge in [-0.3, -0.25) is 4.79 Å². The molecule has 2 rings (SSSR count). The number of nitrogens with zero attached hydrogens (tertiary/aromatic N) is 2. The summed E-state index contributed by atoms with van der Waals surface area (Å²) in [7, 11) is 1.82. The predicted molar refractivity (Wildman–Crippen MR) is 78.4 cm³/mol. The Balaban J connectivity index is 1.86. The fourth-order valence-electron chi connectivity index (χ4n) is 1.94. The smallest absolute Gasteiger partial charge is 0.226 e. The molecule has 1 aromatic heterocycles. The largest absolute Gasteiger partial charge is 0.367 e. The minimum Gasteiger partial charge on any atom is -0.367 e. The lowest BCUT2D eigenvalue weighted by atomic mass is 10.2. The van der Waals surface area contributed by atoms with Gasteiger partial charge in [0, 0.05) is 19.5 Å². The number of hydrogen-bond donors (Lipinski definition) is 1. The van der Waals surface area contributed by atoms with Gasteiger partial charge < -0.3 is 10.2 Å². The molecule has 0 saturated heterocycles. The summed E-state index contributed by atoms with van der Waals surface area (Å²) >= 11 is 0. The summed E-state index contributed by atoms with van der Waals surface area (Å²) in [6.45, 7) is 2.14. The highest BCUT2D eigenvalue weighted by atomic mass is 16.2. The lowest BCUT2D eigenvalue weighted by Gasteiger charge is -2.17. The molecular weight excluding hydrogens is 238 g/mol. The van der Waals surface area contributed by atoms with Crippen molar-refractivity contribution in [1.29, 1.82) is 0 Å². The molecule has 1 amide bonds. The number of carbonyl (C=O) groups excluding carboxylic acids is 1.